The molecule has 0 saturated carbocycles. The number of rotatable bonds is 4. The summed E-state index contributed by atoms with van der Waals surface area (Å²) in [4.78, 5) is 0. The Morgan fingerprint density at radius 3 is 2.40 bits per heavy atom. The van der Waals surface area contributed by atoms with E-state index in [4.69, 9.17) is 11.6 Å². The molecule has 1 aromatic heterocycles. The number of nitrogens with zero attached hydrogens (tertiary/aromatic N) is 2. The van der Waals surface area contributed by atoms with Crippen LogP contribution in [0.1, 0.15) is 25.2 Å². The van der Waals surface area contributed by atoms with Crippen LogP contribution in [-0.4, -0.2) is 15.7 Å². The molecule has 0 spiro atoms. The highest BCUT2D eigenvalue weighted by atomic mass is 79.9. The van der Waals surface area contributed by atoms with Crippen LogP contribution in [0.5, 0.6) is 0 Å². The summed E-state index contributed by atoms with van der Waals surface area (Å²) in [5, 5.41) is 4.38. The highest BCUT2D eigenvalue weighted by Gasteiger charge is 2.18. The molecule has 4 heteroatoms. The molecule has 0 radical (unpaired) electrons. The summed E-state index contributed by atoms with van der Waals surface area (Å²) in [5.41, 5.74) is 2.29. The third-order valence-corrected chi connectivity index (χ3v) is 4.29. The average molecular weight is 294 g/mol. The van der Waals surface area contributed by atoms with Gasteiger partial charge in [0, 0.05) is 12.9 Å². The monoisotopic (exact) mass is 292 g/mol. The Bertz CT molecular complexity index is 334. The van der Waals surface area contributed by atoms with Crippen molar-refractivity contribution in [2.45, 2.75) is 27.2 Å². The fourth-order valence-corrected chi connectivity index (χ4v) is 2.58. The first kappa shape index (κ1) is 13.0. The highest BCUT2D eigenvalue weighted by molar-refractivity contribution is 9.10. The standard InChI is InChI=1S/C11H18BrClN2/c1-7(2)9(6-13)5-10-11(12)8(3)14-15(10)4/h7,9H,5-6H2,1-4H3. The van der Waals surface area contributed by atoms with E-state index in [9.17, 15) is 0 Å². The van der Waals surface area contributed by atoms with Crippen molar-refractivity contribution in [3.05, 3.63) is 15.9 Å². The van der Waals surface area contributed by atoms with Crippen LogP contribution in [-0.2, 0) is 13.5 Å². The van der Waals surface area contributed by atoms with E-state index in [0.29, 0.717) is 17.7 Å². The predicted octanol–water partition coefficient (Wildman–Crippen LogP) is 3.54. The molecule has 1 rings (SSSR count). The van der Waals surface area contributed by atoms with E-state index < -0.39 is 0 Å². The number of aryl methyl sites for hydroxylation is 2. The van der Waals surface area contributed by atoms with E-state index in [2.05, 4.69) is 34.9 Å². The molecular weight excluding hydrogens is 275 g/mol. The number of aromatic nitrogens is 2. The van der Waals surface area contributed by atoms with Crippen molar-refractivity contribution in [3.8, 4) is 0 Å². The maximum atomic E-state index is 5.98. The number of hydrogen-bond donors (Lipinski definition) is 0. The Labute approximate surface area is 105 Å². The summed E-state index contributed by atoms with van der Waals surface area (Å²) in [7, 11) is 1.98. The van der Waals surface area contributed by atoms with Gasteiger partial charge in [0.15, 0.2) is 0 Å². The Hall–Kier alpha value is -0.0200. The topological polar surface area (TPSA) is 17.8 Å². The zero-order valence-electron chi connectivity index (χ0n) is 9.72. The van der Waals surface area contributed by atoms with Gasteiger partial charge < -0.3 is 0 Å². The van der Waals surface area contributed by atoms with Crippen LogP contribution < -0.4 is 0 Å². The Kier molecular flexibility index (Phi) is 4.65. The molecule has 86 valence electrons. The van der Waals surface area contributed by atoms with E-state index in [1.807, 2.05) is 18.7 Å². The lowest BCUT2D eigenvalue weighted by Crippen LogP contribution is -2.16. The fourth-order valence-electron chi connectivity index (χ4n) is 1.62. The van der Waals surface area contributed by atoms with Gasteiger partial charge in [0.2, 0.25) is 0 Å². The van der Waals surface area contributed by atoms with E-state index in [-0.39, 0.29) is 0 Å². The van der Waals surface area contributed by atoms with Gasteiger partial charge in [-0.3, -0.25) is 4.68 Å². The van der Waals surface area contributed by atoms with Gasteiger partial charge in [-0.2, -0.15) is 5.10 Å². The van der Waals surface area contributed by atoms with Gasteiger partial charge in [0.25, 0.3) is 0 Å². The first-order valence-electron chi connectivity index (χ1n) is 5.21. The summed E-state index contributed by atoms with van der Waals surface area (Å²) in [6.45, 7) is 6.44. The number of alkyl halides is 1. The highest BCUT2D eigenvalue weighted by Crippen LogP contribution is 2.26. The van der Waals surface area contributed by atoms with Crippen molar-refractivity contribution in [1.29, 1.82) is 0 Å². The predicted molar refractivity (Wildman–Crippen MR) is 68.4 cm³/mol. The molecule has 0 fully saturated rings. The van der Waals surface area contributed by atoms with Crippen LogP contribution in [0.15, 0.2) is 4.47 Å². The van der Waals surface area contributed by atoms with Crippen molar-refractivity contribution >= 4 is 27.5 Å². The second-order valence-corrected chi connectivity index (χ2v) is 5.43. The maximum absolute atomic E-state index is 5.98. The summed E-state index contributed by atoms with van der Waals surface area (Å²) in [6, 6.07) is 0. The smallest absolute Gasteiger partial charge is 0.0738 e. The number of halogens is 2. The molecule has 15 heavy (non-hydrogen) atoms. The number of hydrogen-bond acceptors (Lipinski definition) is 1. The lowest BCUT2D eigenvalue weighted by molar-refractivity contribution is 0.411. The van der Waals surface area contributed by atoms with Crippen LogP contribution in [0.3, 0.4) is 0 Å². The van der Waals surface area contributed by atoms with Gasteiger partial charge in [-0.05, 0) is 41.1 Å². The van der Waals surface area contributed by atoms with Gasteiger partial charge in [-0.25, -0.2) is 0 Å². The van der Waals surface area contributed by atoms with Gasteiger partial charge >= 0.3 is 0 Å². The largest absolute Gasteiger partial charge is 0.271 e. The lowest BCUT2D eigenvalue weighted by Gasteiger charge is -2.18. The van der Waals surface area contributed by atoms with Gasteiger partial charge in [-0.1, -0.05) is 13.8 Å². The van der Waals surface area contributed by atoms with Gasteiger partial charge in [0.05, 0.1) is 15.9 Å². The van der Waals surface area contributed by atoms with Gasteiger partial charge in [0.1, 0.15) is 0 Å². The second kappa shape index (κ2) is 5.35. The van der Waals surface area contributed by atoms with Crippen LogP contribution >= 0.6 is 27.5 Å². The molecule has 1 aromatic rings. The van der Waals surface area contributed by atoms with Gasteiger partial charge in [-0.15, -0.1) is 11.6 Å². The van der Waals surface area contributed by atoms with Crippen molar-refractivity contribution in [3.63, 3.8) is 0 Å². The molecule has 0 N–H and O–H groups in total. The quantitative estimate of drug-likeness (QED) is 0.776. The molecule has 0 aromatic carbocycles. The molecule has 1 unspecified atom stereocenters. The lowest BCUT2D eigenvalue weighted by atomic mass is 9.93. The molecule has 1 atom stereocenters. The summed E-state index contributed by atoms with van der Waals surface area (Å²) < 4.78 is 3.07. The molecule has 0 bridgehead atoms. The normalized spacial score (nSPS) is 13.5. The minimum absolute atomic E-state index is 0.512. The molecule has 2 nitrogen and oxygen atoms in total. The van der Waals surface area contributed by atoms with E-state index in [1.54, 1.807) is 0 Å². The molecule has 0 aliphatic rings. The first-order chi connectivity index (χ1) is 6.97. The zero-order valence-corrected chi connectivity index (χ0v) is 12.1. The Morgan fingerprint density at radius 2 is 2.07 bits per heavy atom. The molecule has 0 amide bonds. The third kappa shape index (κ3) is 2.97. The van der Waals surface area contributed by atoms with Crippen molar-refractivity contribution in [2.75, 3.05) is 5.88 Å². The van der Waals surface area contributed by atoms with Crippen molar-refractivity contribution < 1.29 is 0 Å². The van der Waals surface area contributed by atoms with Crippen LogP contribution in [0.2, 0.25) is 0 Å². The van der Waals surface area contributed by atoms with E-state index >= 15 is 0 Å². The Morgan fingerprint density at radius 1 is 1.47 bits per heavy atom. The Balaban J connectivity index is 2.88. The maximum Gasteiger partial charge on any atom is 0.0738 e. The summed E-state index contributed by atoms with van der Waals surface area (Å²) in [6.07, 6.45) is 0.985. The average Bonchev–Trinajstić information content (AvgIpc) is 2.39. The molecule has 0 saturated heterocycles. The SMILES string of the molecule is Cc1nn(C)c(CC(CCl)C(C)C)c1Br. The van der Waals surface area contributed by atoms with Crippen molar-refractivity contribution in [2.24, 2.45) is 18.9 Å². The first-order valence-corrected chi connectivity index (χ1v) is 6.54. The minimum Gasteiger partial charge on any atom is -0.271 e. The van der Waals surface area contributed by atoms with Crippen LogP contribution in [0.4, 0.5) is 0 Å². The fraction of sp³-hybridized carbons (Fsp3) is 0.727. The molecule has 0 aliphatic carbocycles. The van der Waals surface area contributed by atoms with E-state index in [0.717, 1.165) is 16.6 Å². The minimum atomic E-state index is 0.512. The third-order valence-electron chi connectivity index (χ3n) is 2.86. The molecular formula is C11H18BrClN2. The van der Waals surface area contributed by atoms with E-state index in [1.165, 1.54) is 5.69 Å². The molecule has 1 heterocycles. The summed E-state index contributed by atoms with van der Waals surface area (Å²) in [5.74, 6) is 1.82. The van der Waals surface area contributed by atoms with Crippen LogP contribution in [0.25, 0.3) is 0 Å². The van der Waals surface area contributed by atoms with Crippen LogP contribution in [0, 0.1) is 18.8 Å². The summed E-state index contributed by atoms with van der Waals surface area (Å²) >= 11 is 9.56. The van der Waals surface area contributed by atoms with Crippen molar-refractivity contribution in [1.82, 2.24) is 9.78 Å². The molecule has 0 aliphatic heterocycles. The second-order valence-electron chi connectivity index (χ2n) is 4.33. The zero-order chi connectivity index (χ0) is 11.6.